The first-order valence-corrected chi connectivity index (χ1v) is 11.7. The topological polar surface area (TPSA) is 91.0 Å². The summed E-state index contributed by atoms with van der Waals surface area (Å²) in [5, 5.41) is 7.29. The van der Waals surface area contributed by atoms with Crippen LogP contribution in [0.4, 0.5) is 0 Å². The largest absolute Gasteiger partial charge is 0.364 e. The zero-order chi connectivity index (χ0) is 20.5. The number of hydrogen-bond donors (Lipinski definition) is 1. The first-order chi connectivity index (χ1) is 14.1. The highest BCUT2D eigenvalue weighted by Gasteiger charge is 2.20. The molecule has 1 aliphatic heterocycles. The summed E-state index contributed by atoms with van der Waals surface area (Å²) < 4.78 is 29.7. The second-order valence-corrected chi connectivity index (χ2v) is 9.08. The van der Waals surface area contributed by atoms with Gasteiger partial charge < -0.3 is 14.7 Å². The maximum absolute atomic E-state index is 12.4. The van der Waals surface area contributed by atoms with E-state index >= 15 is 0 Å². The monoisotopic (exact) mass is 419 g/mol. The number of sulfone groups is 1. The van der Waals surface area contributed by atoms with Gasteiger partial charge in [0.1, 0.15) is 6.26 Å². The Morgan fingerprint density at radius 1 is 1.17 bits per heavy atom. The molecule has 3 rings (SSSR count). The van der Waals surface area contributed by atoms with Crippen LogP contribution in [0, 0.1) is 0 Å². The van der Waals surface area contributed by atoms with Crippen LogP contribution in [0.15, 0.2) is 57.1 Å². The van der Waals surface area contributed by atoms with Crippen LogP contribution < -0.4 is 5.32 Å². The van der Waals surface area contributed by atoms with Gasteiger partial charge in [-0.3, -0.25) is 9.89 Å². The van der Waals surface area contributed by atoms with Crippen molar-refractivity contribution < 1.29 is 12.9 Å². The van der Waals surface area contributed by atoms with E-state index in [-0.39, 0.29) is 5.75 Å². The molecule has 2 heterocycles. The summed E-state index contributed by atoms with van der Waals surface area (Å²) >= 11 is 0. The molecule has 1 aromatic carbocycles. The molecule has 1 aromatic heterocycles. The number of guanidine groups is 1. The molecule has 1 saturated heterocycles. The maximum Gasteiger partial charge on any atom is 0.194 e. The van der Waals surface area contributed by atoms with Crippen molar-refractivity contribution in [2.45, 2.75) is 24.8 Å². The predicted molar refractivity (Wildman–Crippen MR) is 112 cm³/mol. The predicted octanol–water partition coefficient (Wildman–Crippen LogP) is 1.62. The summed E-state index contributed by atoms with van der Waals surface area (Å²) in [4.78, 5) is 9.60. The molecule has 1 fully saturated rings. The fraction of sp³-hybridized carbons (Fsp3) is 0.500. The smallest absolute Gasteiger partial charge is 0.194 e. The van der Waals surface area contributed by atoms with E-state index in [2.05, 4.69) is 25.3 Å². The average molecular weight is 420 g/mol. The Balaban J connectivity index is 1.48. The van der Waals surface area contributed by atoms with Crippen molar-refractivity contribution in [2.75, 3.05) is 45.0 Å². The van der Waals surface area contributed by atoms with E-state index < -0.39 is 9.84 Å². The molecule has 0 saturated carbocycles. The van der Waals surface area contributed by atoms with E-state index in [1.165, 1.54) is 0 Å². The average Bonchev–Trinajstić information content (AvgIpc) is 3.25. The summed E-state index contributed by atoms with van der Waals surface area (Å²) in [5.74, 6) is 0.955. The highest BCUT2D eigenvalue weighted by Crippen LogP contribution is 2.11. The third-order valence-electron chi connectivity index (χ3n) is 4.82. The fourth-order valence-electron chi connectivity index (χ4n) is 3.28. The minimum Gasteiger partial charge on any atom is -0.364 e. The van der Waals surface area contributed by atoms with Crippen LogP contribution in [0.5, 0.6) is 0 Å². The van der Waals surface area contributed by atoms with E-state index in [1.807, 2.05) is 19.1 Å². The van der Waals surface area contributed by atoms with Gasteiger partial charge >= 0.3 is 0 Å². The Kier molecular flexibility index (Phi) is 7.65. The Hall–Kier alpha value is -2.39. The van der Waals surface area contributed by atoms with Crippen molar-refractivity contribution in [1.29, 1.82) is 0 Å². The molecule has 0 atom stereocenters. The summed E-state index contributed by atoms with van der Waals surface area (Å²) in [5.41, 5.74) is 0.943. The van der Waals surface area contributed by atoms with Gasteiger partial charge in [-0.15, -0.1) is 0 Å². The van der Waals surface area contributed by atoms with Crippen LogP contribution in [0.1, 0.15) is 19.0 Å². The molecule has 0 bridgehead atoms. The summed E-state index contributed by atoms with van der Waals surface area (Å²) in [6.07, 6.45) is 2.09. The molecular weight excluding hydrogens is 390 g/mol. The zero-order valence-electron chi connectivity index (χ0n) is 16.8. The van der Waals surface area contributed by atoms with Crippen LogP contribution in [-0.2, 0) is 16.4 Å². The van der Waals surface area contributed by atoms with Gasteiger partial charge in [0, 0.05) is 51.9 Å². The number of hydrogen-bond acceptors (Lipinski definition) is 6. The summed E-state index contributed by atoms with van der Waals surface area (Å²) in [6.45, 7) is 7.65. The third kappa shape index (κ3) is 6.30. The molecule has 1 N–H and O–H groups in total. The van der Waals surface area contributed by atoms with Crippen LogP contribution in [0.25, 0.3) is 0 Å². The van der Waals surface area contributed by atoms with E-state index in [9.17, 15) is 8.42 Å². The molecule has 0 radical (unpaired) electrons. The van der Waals surface area contributed by atoms with Crippen LogP contribution in [0.2, 0.25) is 0 Å². The molecule has 8 nitrogen and oxygen atoms in total. The van der Waals surface area contributed by atoms with Crippen molar-refractivity contribution in [3.63, 3.8) is 0 Å². The number of benzene rings is 1. The van der Waals surface area contributed by atoms with Crippen LogP contribution in [0.3, 0.4) is 0 Å². The lowest BCUT2D eigenvalue weighted by Crippen LogP contribution is -2.52. The SMILES string of the molecule is CCNC(=NCCCS(=O)(=O)c1ccccc1)N1CCN(Cc2ccon2)CC1. The lowest BCUT2D eigenvalue weighted by Gasteiger charge is -2.36. The van der Waals surface area contributed by atoms with Gasteiger partial charge in [0.2, 0.25) is 0 Å². The van der Waals surface area contributed by atoms with Crippen molar-refractivity contribution in [3.05, 3.63) is 48.4 Å². The van der Waals surface area contributed by atoms with Gasteiger partial charge in [0.05, 0.1) is 16.3 Å². The minimum atomic E-state index is -3.25. The van der Waals surface area contributed by atoms with E-state index in [1.54, 1.807) is 30.5 Å². The molecule has 0 amide bonds. The number of rotatable bonds is 8. The zero-order valence-corrected chi connectivity index (χ0v) is 17.6. The van der Waals surface area contributed by atoms with Crippen molar-refractivity contribution in [1.82, 2.24) is 20.3 Å². The van der Waals surface area contributed by atoms with Gasteiger partial charge in [0.25, 0.3) is 0 Å². The van der Waals surface area contributed by atoms with Gasteiger partial charge in [-0.05, 0) is 25.5 Å². The van der Waals surface area contributed by atoms with Gasteiger partial charge in [-0.25, -0.2) is 8.42 Å². The lowest BCUT2D eigenvalue weighted by atomic mass is 10.3. The number of nitrogens with zero attached hydrogens (tertiary/aromatic N) is 4. The van der Waals surface area contributed by atoms with Gasteiger partial charge in [-0.1, -0.05) is 23.4 Å². The molecule has 2 aromatic rings. The number of aromatic nitrogens is 1. The molecule has 0 unspecified atom stereocenters. The number of nitrogens with one attached hydrogen (secondary N) is 1. The van der Waals surface area contributed by atoms with E-state index in [4.69, 9.17) is 4.52 Å². The highest BCUT2D eigenvalue weighted by atomic mass is 32.2. The first-order valence-electron chi connectivity index (χ1n) is 10.0. The molecular formula is C20H29N5O3S. The number of aliphatic imine (C=N–C) groups is 1. The second-order valence-electron chi connectivity index (χ2n) is 6.98. The molecule has 0 spiro atoms. The van der Waals surface area contributed by atoms with E-state index in [0.717, 1.165) is 50.9 Å². The Morgan fingerprint density at radius 2 is 1.93 bits per heavy atom. The minimum absolute atomic E-state index is 0.103. The summed E-state index contributed by atoms with van der Waals surface area (Å²) in [6, 6.07) is 10.5. The lowest BCUT2D eigenvalue weighted by molar-refractivity contribution is 0.169. The van der Waals surface area contributed by atoms with Crippen molar-refractivity contribution in [3.8, 4) is 0 Å². The third-order valence-corrected chi connectivity index (χ3v) is 6.64. The van der Waals surface area contributed by atoms with E-state index in [0.29, 0.717) is 17.9 Å². The van der Waals surface area contributed by atoms with Crippen molar-refractivity contribution >= 4 is 15.8 Å². The second kappa shape index (κ2) is 10.4. The normalized spacial score (nSPS) is 16.2. The molecule has 9 heteroatoms. The molecule has 0 aliphatic carbocycles. The number of piperazine rings is 1. The van der Waals surface area contributed by atoms with Crippen LogP contribution >= 0.6 is 0 Å². The van der Waals surface area contributed by atoms with Gasteiger partial charge in [-0.2, -0.15) is 0 Å². The Morgan fingerprint density at radius 3 is 2.59 bits per heavy atom. The Labute approximate surface area is 172 Å². The van der Waals surface area contributed by atoms with Gasteiger partial charge in [0.15, 0.2) is 15.8 Å². The molecule has 1 aliphatic rings. The highest BCUT2D eigenvalue weighted by molar-refractivity contribution is 7.91. The maximum atomic E-state index is 12.4. The van der Waals surface area contributed by atoms with Crippen molar-refractivity contribution in [2.24, 2.45) is 4.99 Å². The summed E-state index contributed by atoms with van der Waals surface area (Å²) in [7, 11) is -3.25. The fourth-order valence-corrected chi connectivity index (χ4v) is 4.59. The standard InChI is InChI=1S/C20H29N5O3S/c1-2-21-20(22-10-6-16-29(26,27)19-7-4-3-5-8-19)25-13-11-24(12-14-25)17-18-9-15-28-23-18/h3-5,7-9,15H,2,6,10-14,16-17H2,1H3,(H,21,22). The Bertz CT molecular complexity index is 861. The first kappa shape index (κ1) is 21.3. The van der Waals surface area contributed by atoms with Crippen LogP contribution in [-0.4, -0.2) is 74.4 Å². The molecule has 158 valence electrons. The quantitative estimate of drug-likeness (QED) is 0.395. The molecule has 29 heavy (non-hydrogen) atoms.